The summed E-state index contributed by atoms with van der Waals surface area (Å²) < 4.78 is 1.92. The maximum Gasteiger partial charge on any atom is 0.183 e. The topological polar surface area (TPSA) is 37.3 Å². The molecular weight excluding hydrogens is 236 g/mol. The molecule has 17 heavy (non-hydrogen) atoms. The Hall–Kier alpha value is -2.00. The number of aromatic amines is 1. The summed E-state index contributed by atoms with van der Waals surface area (Å²) in [6.45, 7) is 0. The molecule has 0 radical (unpaired) electrons. The molecule has 2 heterocycles. The first-order chi connectivity index (χ1) is 8.24. The van der Waals surface area contributed by atoms with Gasteiger partial charge in [0.1, 0.15) is 5.65 Å². The summed E-state index contributed by atoms with van der Waals surface area (Å²) in [4.78, 5) is 14.3. The second kappa shape index (κ2) is 3.79. The molecule has 1 aromatic carbocycles. The number of rotatable bonds is 1. The summed E-state index contributed by atoms with van der Waals surface area (Å²) in [7, 11) is 0. The van der Waals surface area contributed by atoms with E-state index in [0.29, 0.717) is 5.02 Å². The van der Waals surface area contributed by atoms with E-state index in [1.165, 1.54) is 6.07 Å². The predicted octanol–water partition coefficient (Wildman–Crippen LogP) is 2.95. The van der Waals surface area contributed by atoms with Gasteiger partial charge in [-0.3, -0.25) is 4.79 Å². The molecule has 0 unspecified atom stereocenters. The Bertz CT molecular complexity index is 742. The van der Waals surface area contributed by atoms with Crippen LogP contribution in [0.1, 0.15) is 0 Å². The Labute approximate surface area is 102 Å². The number of hydrogen-bond donors (Lipinski definition) is 1. The summed E-state index contributed by atoms with van der Waals surface area (Å²) in [5.74, 6) is 0. The first-order valence-corrected chi connectivity index (χ1v) is 5.57. The van der Waals surface area contributed by atoms with Gasteiger partial charge in [0.25, 0.3) is 0 Å². The van der Waals surface area contributed by atoms with Crippen LogP contribution in [0.5, 0.6) is 0 Å². The van der Waals surface area contributed by atoms with Crippen molar-refractivity contribution in [2.45, 2.75) is 0 Å². The van der Waals surface area contributed by atoms with Crippen LogP contribution >= 0.6 is 11.6 Å². The number of fused-ring (bicyclic) bond motifs is 1. The molecule has 0 aliphatic heterocycles. The molecular formula is C13H9ClN2O. The van der Waals surface area contributed by atoms with Gasteiger partial charge in [-0.1, -0.05) is 23.7 Å². The van der Waals surface area contributed by atoms with Crippen LogP contribution < -0.4 is 5.43 Å². The number of nitrogens with zero attached hydrogens (tertiary/aromatic N) is 1. The van der Waals surface area contributed by atoms with Gasteiger partial charge < -0.3 is 9.38 Å². The molecule has 0 spiro atoms. The zero-order valence-electron chi connectivity index (χ0n) is 8.85. The Balaban J connectivity index is 2.28. The van der Waals surface area contributed by atoms with Crippen LogP contribution in [0.4, 0.5) is 0 Å². The summed E-state index contributed by atoms with van der Waals surface area (Å²) in [5, 5.41) is 0.692. The third kappa shape index (κ3) is 1.74. The average molecular weight is 245 g/mol. The lowest BCUT2D eigenvalue weighted by atomic mass is 10.2. The van der Waals surface area contributed by atoms with E-state index in [9.17, 15) is 4.79 Å². The minimum Gasteiger partial charge on any atom is -0.346 e. The fraction of sp³-hybridized carbons (Fsp3) is 0. The number of hydrogen-bond acceptors (Lipinski definition) is 1. The maximum atomic E-state index is 11.2. The minimum absolute atomic E-state index is 0.00973. The number of halogens is 1. The van der Waals surface area contributed by atoms with Gasteiger partial charge in [0, 0.05) is 35.1 Å². The zero-order chi connectivity index (χ0) is 11.8. The van der Waals surface area contributed by atoms with Crippen LogP contribution in [0.2, 0.25) is 5.02 Å². The molecule has 3 aromatic rings. The van der Waals surface area contributed by atoms with Gasteiger partial charge in [0.05, 0.1) is 5.69 Å². The molecule has 0 aliphatic carbocycles. The van der Waals surface area contributed by atoms with Crippen LogP contribution in [0.25, 0.3) is 16.9 Å². The van der Waals surface area contributed by atoms with E-state index in [1.54, 1.807) is 12.3 Å². The molecule has 3 rings (SSSR count). The van der Waals surface area contributed by atoms with Crippen molar-refractivity contribution in [3.8, 4) is 11.3 Å². The zero-order valence-corrected chi connectivity index (χ0v) is 9.61. The Morgan fingerprint density at radius 2 is 2.06 bits per heavy atom. The first-order valence-electron chi connectivity index (χ1n) is 5.20. The van der Waals surface area contributed by atoms with Gasteiger partial charge in [0.2, 0.25) is 0 Å². The lowest BCUT2D eigenvalue weighted by Gasteiger charge is -2.01. The smallest absolute Gasteiger partial charge is 0.183 e. The number of nitrogens with one attached hydrogen (secondary N) is 1. The molecule has 0 saturated carbocycles. The number of imidazole rings is 1. The van der Waals surface area contributed by atoms with Crippen molar-refractivity contribution >= 4 is 17.2 Å². The second-order valence-electron chi connectivity index (χ2n) is 3.80. The highest BCUT2D eigenvalue weighted by Gasteiger charge is 2.05. The predicted molar refractivity (Wildman–Crippen MR) is 68.5 cm³/mol. The Morgan fingerprint density at radius 1 is 1.18 bits per heavy atom. The highest BCUT2D eigenvalue weighted by Crippen LogP contribution is 2.22. The van der Waals surface area contributed by atoms with Crippen LogP contribution in [-0.4, -0.2) is 9.38 Å². The van der Waals surface area contributed by atoms with E-state index in [4.69, 9.17) is 11.6 Å². The van der Waals surface area contributed by atoms with Gasteiger partial charge in [-0.2, -0.15) is 0 Å². The highest BCUT2D eigenvalue weighted by atomic mass is 35.5. The average Bonchev–Trinajstić information content (AvgIpc) is 2.71. The molecule has 1 N–H and O–H groups in total. The van der Waals surface area contributed by atoms with Crippen molar-refractivity contribution in [2.24, 2.45) is 0 Å². The lowest BCUT2D eigenvalue weighted by Crippen LogP contribution is -1.99. The van der Waals surface area contributed by atoms with Gasteiger partial charge in [-0.25, -0.2) is 0 Å². The van der Waals surface area contributed by atoms with Crippen molar-refractivity contribution in [3.05, 3.63) is 64.0 Å². The van der Waals surface area contributed by atoms with E-state index in [2.05, 4.69) is 4.98 Å². The van der Waals surface area contributed by atoms with Crippen LogP contribution in [0.15, 0.2) is 53.6 Å². The molecule has 4 heteroatoms. The molecule has 84 valence electrons. The number of aromatic nitrogens is 2. The van der Waals surface area contributed by atoms with E-state index in [0.717, 1.165) is 16.9 Å². The van der Waals surface area contributed by atoms with E-state index in [-0.39, 0.29) is 5.43 Å². The molecule has 0 amide bonds. The lowest BCUT2D eigenvalue weighted by molar-refractivity contribution is 1.18. The quantitative estimate of drug-likeness (QED) is 0.702. The summed E-state index contributed by atoms with van der Waals surface area (Å²) >= 11 is 5.97. The molecule has 3 nitrogen and oxygen atoms in total. The number of H-pyrrole nitrogens is 1. The molecule has 0 saturated heterocycles. The maximum absolute atomic E-state index is 11.2. The molecule has 0 bridgehead atoms. The number of benzene rings is 1. The second-order valence-corrected chi connectivity index (χ2v) is 4.24. The summed E-state index contributed by atoms with van der Waals surface area (Å²) in [6, 6.07) is 10.7. The van der Waals surface area contributed by atoms with Crippen molar-refractivity contribution in [2.75, 3.05) is 0 Å². The van der Waals surface area contributed by atoms with Crippen LogP contribution in [0, 0.1) is 0 Å². The molecule has 0 atom stereocenters. The van der Waals surface area contributed by atoms with Gasteiger partial charge in [-0.05, 0) is 12.1 Å². The largest absolute Gasteiger partial charge is 0.346 e. The van der Waals surface area contributed by atoms with Crippen molar-refractivity contribution in [1.29, 1.82) is 0 Å². The van der Waals surface area contributed by atoms with Gasteiger partial charge in [0.15, 0.2) is 5.43 Å². The third-order valence-electron chi connectivity index (χ3n) is 2.66. The first kappa shape index (κ1) is 10.2. The van der Waals surface area contributed by atoms with E-state index >= 15 is 0 Å². The van der Waals surface area contributed by atoms with Crippen LogP contribution in [-0.2, 0) is 0 Å². The minimum atomic E-state index is -0.00973. The summed E-state index contributed by atoms with van der Waals surface area (Å²) in [6.07, 6.45) is 3.62. The SMILES string of the molecule is O=c1ccn2c(-c3cccc(Cl)c3)c[nH]c2c1. The molecule has 0 aliphatic rings. The van der Waals surface area contributed by atoms with Gasteiger partial charge in [-0.15, -0.1) is 0 Å². The molecule has 2 aromatic heterocycles. The standard InChI is InChI=1S/C13H9ClN2O/c14-10-3-1-2-9(6-10)12-8-15-13-7-11(17)4-5-16(12)13/h1-8,15H. The summed E-state index contributed by atoms with van der Waals surface area (Å²) in [5.41, 5.74) is 2.74. The number of pyridine rings is 1. The fourth-order valence-electron chi connectivity index (χ4n) is 1.88. The monoisotopic (exact) mass is 244 g/mol. The Kier molecular flexibility index (Phi) is 2.27. The fourth-order valence-corrected chi connectivity index (χ4v) is 2.07. The van der Waals surface area contributed by atoms with Gasteiger partial charge >= 0.3 is 0 Å². The normalized spacial score (nSPS) is 10.9. The van der Waals surface area contributed by atoms with Crippen molar-refractivity contribution in [3.63, 3.8) is 0 Å². The highest BCUT2D eigenvalue weighted by molar-refractivity contribution is 6.30. The van der Waals surface area contributed by atoms with E-state index < -0.39 is 0 Å². The molecule has 0 fully saturated rings. The van der Waals surface area contributed by atoms with Crippen molar-refractivity contribution in [1.82, 2.24) is 9.38 Å². The van der Waals surface area contributed by atoms with Crippen LogP contribution in [0.3, 0.4) is 0 Å². The van der Waals surface area contributed by atoms with Crippen molar-refractivity contribution < 1.29 is 0 Å². The Morgan fingerprint density at radius 3 is 2.88 bits per heavy atom. The third-order valence-corrected chi connectivity index (χ3v) is 2.90. The van der Waals surface area contributed by atoms with E-state index in [1.807, 2.05) is 34.9 Å².